The molecule has 4 aliphatic carbocycles. The lowest BCUT2D eigenvalue weighted by Gasteiger charge is -2.50. The van der Waals surface area contributed by atoms with Crippen LogP contribution in [0.1, 0.15) is 88.1 Å². The molecular formula is C40H55N5O12. The van der Waals surface area contributed by atoms with Crippen molar-refractivity contribution in [2.24, 2.45) is 23.5 Å². The highest BCUT2D eigenvalue weighted by molar-refractivity contribution is 6.25. The Hall–Kier alpha value is -5.16. The second-order valence-electron chi connectivity index (χ2n) is 16.9. The van der Waals surface area contributed by atoms with Gasteiger partial charge >= 0.3 is 12.1 Å². The lowest BCUT2D eigenvalue weighted by atomic mass is 9.58. The number of amides is 3. The fraction of sp³-hybridized carbons (Fsp3) is 0.600. The van der Waals surface area contributed by atoms with Crippen LogP contribution in [-0.2, 0) is 35.1 Å². The molecule has 3 amide bonds. The van der Waals surface area contributed by atoms with Gasteiger partial charge in [0.15, 0.2) is 17.1 Å². The van der Waals surface area contributed by atoms with Crippen molar-refractivity contribution in [3.63, 3.8) is 0 Å². The smallest absolute Gasteiger partial charge is 0.413 e. The normalized spacial score (nSPS) is 23.7. The van der Waals surface area contributed by atoms with Crippen molar-refractivity contribution in [3.05, 3.63) is 39.9 Å². The number of likely N-dealkylation sites (N-methyl/N-ethyl adjacent to an activating group) is 1. The van der Waals surface area contributed by atoms with Crippen molar-refractivity contribution in [3.8, 4) is 5.75 Å². The van der Waals surface area contributed by atoms with E-state index in [-0.39, 0.29) is 36.1 Å². The van der Waals surface area contributed by atoms with E-state index in [4.69, 9.17) is 15.2 Å². The van der Waals surface area contributed by atoms with Crippen LogP contribution in [-0.4, -0.2) is 124 Å². The van der Waals surface area contributed by atoms with E-state index in [0.29, 0.717) is 23.6 Å². The number of ether oxygens (including phenoxy) is 2. The molecule has 5 rings (SSSR count). The summed E-state index contributed by atoms with van der Waals surface area (Å²) >= 11 is 0. The zero-order chi connectivity index (χ0) is 42.3. The summed E-state index contributed by atoms with van der Waals surface area (Å²) in [6, 6.07) is 0.325. The van der Waals surface area contributed by atoms with Gasteiger partial charge in [0.2, 0.25) is 18.5 Å². The number of carbonyl (C=O) groups is 6. The third-order valence-corrected chi connectivity index (χ3v) is 11.7. The Morgan fingerprint density at radius 1 is 1.00 bits per heavy atom. The monoisotopic (exact) mass is 797 g/mol. The van der Waals surface area contributed by atoms with E-state index in [0.717, 1.165) is 30.6 Å². The minimum atomic E-state index is -2.81. The molecule has 0 radical (unpaired) electrons. The Labute approximate surface area is 331 Å². The molecule has 0 spiro atoms. The van der Waals surface area contributed by atoms with Crippen LogP contribution in [0, 0.1) is 17.8 Å². The maximum Gasteiger partial charge on any atom is 0.413 e. The molecule has 1 saturated carbocycles. The Balaban J connectivity index is 1.38. The molecule has 57 heavy (non-hydrogen) atoms. The summed E-state index contributed by atoms with van der Waals surface area (Å²) in [6.07, 6.45) is 5.60. The number of allylic oxidation sites excluding steroid dienone is 1. The van der Waals surface area contributed by atoms with Crippen molar-refractivity contribution in [1.82, 2.24) is 9.80 Å². The average Bonchev–Trinajstić information content (AvgIpc) is 3.11. The molecular weight excluding hydrogens is 742 g/mol. The minimum Gasteiger partial charge on any atom is -0.510 e. The molecule has 17 heteroatoms. The maximum atomic E-state index is 14.4. The number of aliphatic hydroxyl groups is 3. The zero-order valence-corrected chi connectivity index (χ0v) is 33.6. The number of nitrogens with one attached hydrogen (secondary N) is 1. The first-order valence-electron chi connectivity index (χ1n) is 19.2. The largest absolute Gasteiger partial charge is 0.510 e. The number of aliphatic hydroxyl groups excluding tert-OH is 2. The molecule has 4 atom stereocenters. The van der Waals surface area contributed by atoms with Gasteiger partial charge in [0.25, 0.3) is 5.91 Å². The zero-order valence-electron chi connectivity index (χ0n) is 33.6. The van der Waals surface area contributed by atoms with Gasteiger partial charge in [-0.2, -0.15) is 0 Å². The number of rotatable bonds is 11. The molecule has 1 aromatic carbocycles. The van der Waals surface area contributed by atoms with Crippen molar-refractivity contribution < 1.29 is 58.7 Å². The van der Waals surface area contributed by atoms with Crippen molar-refractivity contribution in [1.29, 1.82) is 0 Å². The van der Waals surface area contributed by atoms with Crippen LogP contribution in [0.25, 0.3) is 0 Å². The molecule has 0 aliphatic heterocycles. The molecule has 312 valence electrons. The summed E-state index contributed by atoms with van der Waals surface area (Å²) in [5.41, 5.74) is 0.675. The highest BCUT2D eigenvalue weighted by Gasteiger charge is 2.63. The van der Waals surface area contributed by atoms with Crippen LogP contribution in [0.4, 0.5) is 16.2 Å². The second-order valence-corrected chi connectivity index (χ2v) is 16.9. The molecule has 0 aromatic heterocycles. The summed E-state index contributed by atoms with van der Waals surface area (Å²) in [6.45, 7) is 3.78. The summed E-state index contributed by atoms with van der Waals surface area (Å²) in [7, 11) is 6.46. The standard InChI is InChI=1S/C40H55N5O12/c1-39(2,3)45(38(54)57-19-56-27(47)14-13-20-11-9-8-10-12-20)18-26(46)42-24-17-25(43(4)5)22-15-21-16-23-31(44(6)7)34(50)30(37(41)53)36(52)40(23,55)35(51)28(21)33(49)29(22)32(24)48/h17,20-21,23,31,48,50-51,55H,8-16,18-19H2,1-7H3,(H2,41,53)(H,42,46)/t21-,23-,31-,40-/m0/s1. The number of hydrogen-bond donors (Lipinski definition) is 6. The fourth-order valence-electron chi connectivity index (χ4n) is 8.80. The van der Waals surface area contributed by atoms with Crippen molar-refractivity contribution >= 4 is 46.8 Å². The van der Waals surface area contributed by atoms with E-state index in [9.17, 15) is 49.2 Å². The van der Waals surface area contributed by atoms with Crippen molar-refractivity contribution in [2.75, 3.05) is 51.7 Å². The van der Waals surface area contributed by atoms with Crippen molar-refractivity contribution in [2.45, 2.75) is 95.7 Å². The highest BCUT2D eigenvalue weighted by atomic mass is 16.7. The number of primary amides is 1. The number of carbonyl (C=O) groups excluding carboxylic acids is 6. The van der Waals surface area contributed by atoms with Crippen LogP contribution in [0.15, 0.2) is 28.7 Å². The molecule has 1 aromatic rings. The van der Waals surface area contributed by atoms with E-state index in [1.165, 1.54) is 17.4 Å². The number of aromatic hydroxyl groups is 1. The number of esters is 1. The number of hydrogen-bond acceptors (Lipinski definition) is 14. The van der Waals surface area contributed by atoms with E-state index >= 15 is 0 Å². The first-order valence-corrected chi connectivity index (χ1v) is 19.2. The fourth-order valence-corrected chi connectivity index (χ4v) is 8.80. The Bertz CT molecular complexity index is 1910. The Morgan fingerprint density at radius 3 is 2.23 bits per heavy atom. The third-order valence-electron chi connectivity index (χ3n) is 11.7. The van der Waals surface area contributed by atoms with Gasteiger partial charge < -0.3 is 45.9 Å². The molecule has 17 nitrogen and oxygen atoms in total. The predicted molar refractivity (Wildman–Crippen MR) is 206 cm³/mol. The number of Topliss-reactive ketones (excluding diaryl/α,β-unsaturated/α-hetero) is 2. The number of benzene rings is 1. The lowest BCUT2D eigenvalue weighted by Crippen LogP contribution is -2.63. The maximum absolute atomic E-state index is 14.4. The Kier molecular flexibility index (Phi) is 12.3. The molecule has 0 saturated heterocycles. The van der Waals surface area contributed by atoms with Gasteiger partial charge in [-0.15, -0.1) is 0 Å². The molecule has 0 bridgehead atoms. The van der Waals surface area contributed by atoms with Gasteiger partial charge in [0.1, 0.15) is 23.6 Å². The van der Waals surface area contributed by atoms with Gasteiger partial charge in [-0.25, -0.2) is 4.79 Å². The first kappa shape index (κ1) is 43.0. The third kappa shape index (κ3) is 8.17. The van der Waals surface area contributed by atoms with E-state index in [2.05, 4.69) is 5.32 Å². The topological polar surface area (TPSA) is 250 Å². The molecule has 7 N–H and O–H groups in total. The molecule has 0 unspecified atom stereocenters. The number of nitrogens with zero attached hydrogens (tertiary/aromatic N) is 3. The minimum absolute atomic E-state index is 0.0403. The second kappa shape index (κ2) is 16.4. The number of phenolic OH excluding ortho intramolecular Hbond substituents is 1. The van der Waals surface area contributed by atoms with E-state index < -0.39 is 101 Å². The highest BCUT2D eigenvalue weighted by Crippen LogP contribution is 2.54. The van der Waals surface area contributed by atoms with Gasteiger partial charge in [-0.05, 0) is 77.6 Å². The molecule has 1 fully saturated rings. The van der Waals surface area contributed by atoms with Gasteiger partial charge in [-0.3, -0.25) is 33.8 Å². The quantitative estimate of drug-likeness (QED) is 0.0815. The van der Waals surface area contributed by atoms with Crippen LogP contribution in [0.2, 0.25) is 0 Å². The molecule has 4 aliphatic rings. The van der Waals surface area contributed by atoms with Gasteiger partial charge in [-0.1, -0.05) is 32.1 Å². The van der Waals surface area contributed by atoms with Gasteiger partial charge in [0.05, 0.1) is 17.3 Å². The summed E-state index contributed by atoms with van der Waals surface area (Å²) in [4.78, 5) is 83.6. The van der Waals surface area contributed by atoms with Crippen LogP contribution in [0.5, 0.6) is 5.75 Å². The van der Waals surface area contributed by atoms with Crippen LogP contribution in [0.3, 0.4) is 0 Å². The van der Waals surface area contributed by atoms with Crippen LogP contribution < -0.4 is 16.0 Å². The van der Waals surface area contributed by atoms with E-state index in [1.807, 2.05) is 0 Å². The lowest BCUT2D eigenvalue weighted by molar-refractivity contribution is -0.153. The first-order chi connectivity index (χ1) is 26.6. The molecule has 0 heterocycles. The van der Waals surface area contributed by atoms with Gasteiger partial charge in [0, 0.05) is 43.2 Å². The number of phenols is 1. The van der Waals surface area contributed by atoms with E-state index in [1.54, 1.807) is 53.9 Å². The SMILES string of the molecule is CN(C)c1cc(NC(=O)CN(C(=O)OCOC(=O)CCC2CCCCC2)C(C)(C)C)c(O)c2c1C[C@H]1C[C@H]3[C@H](N(C)C)C(O)=C(C(N)=O)C(=O)[C@@]3(O)C(O)=C1C2=O. The number of fused-ring (bicyclic) bond motifs is 3. The number of ketones is 2. The predicted octanol–water partition coefficient (Wildman–Crippen LogP) is 3.22. The Morgan fingerprint density at radius 2 is 1.65 bits per heavy atom. The summed E-state index contributed by atoms with van der Waals surface area (Å²) < 4.78 is 10.3. The summed E-state index contributed by atoms with van der Waals surface area (Å²) in [5.74, 6) is -8.73. The van der Waals surface area contributed by atoms with Crippen LogP contribution >= 0.6 is 0 Å². The number of nitrogens with two attached hydrogens (primary N) is 1. The average molecular weight is 798 g/mol. The number of anilines is 2. The summed E-state index contributed by atoms with van der Waals surface area (Å²) in [5, 5.41) is 48.8.